The molecule has 1 aliphatic rings. The van der Waals surface area contributed by atoms with Gasteiger partial charge in [-0.1, -0.05) is 11.6 Å². The van der Waals surface area contributed by atoms with Gasteiger partial charge in [-0.25, -0.2) is 12.8 Å². The van der Waals surface area contributed by atoms with Crippen molar-refractivity contribution in [3.8, 4) is 0 Å². The summed E-state index contributed by atoms with van der Waals surface area (Å²) in [5, 5.41) is 2.32. The van der Waals surface area contributed by atoms with Gasteiger partial charge >= 0.3 is 0 Å². The number of hydrogen-bond acceptors (Lipinski definition) is 4. The lowest BCUT2D eigenvalue weighted by molar-refractivity contribution is -0.120. The first-order valence-corrected chi connectivity index (χ1v) is 9.47. The molecule has 0 saturated carbocycles. The molecule has 0 radical (unpaired) electrons. The largest absolute Gasteiger partial charge is 0.351 e. The van der Waals surface area contributed by atoms with Crippen LogP contribution < -0.4 is 5.32 Å². The number of thioether (sulfide) groups is 1. The van der Waals surface area contributed by atoms with Gasteiger partial charge in [-0.05, 0) is 31.5 Å². The normalized spacial score (nSPS) is 22.0. The van der Waals surface area contributed by atoms with Crippen molar-refractivity contribution in [1.82, 2.24) is 5.32 Å². The van der Waals surface area contributed by atoms with Gasteiger partial charge in [0.2, 0.25) is 5.91 Å². The monoisotopic (exact) mass is 351 g/mol. The number of rotatable bonds is 4. The number of amides is 1. The molecule has 1 fully saturated rings. The third kappa shape index (κ3) is 4.59. The minimum atomic E-state index is -3.02. The van der Waals surface area contributed by atoms with Crippen LogP contribution in [0.25, 0.3) is 0 Å². The Morgan fingerprint density at radius 2 is 2.24 bits per heavy atom. The second-order valence-electron chi connectivity index (χ2n) is 4.94. The van der Waals surface area contributed by atoms with Crippen molar-refractivity contribution < 1.29 is 17.6 Å². The molecule has 1 N–H and O–H groups in total. The van der Waals surface area contributed by atoms with Gasteiger partial charge in [0.15, 0.2) is 9.84 Å². The van der Waals surface area contributed by atoms with Gasteiger partial charge in [0.1, 0.15) is 5.82 Å². The van der Waals surface area contributed by atoms with E-state index in [9.17, 15) is 17.6 Å². The molecule has 21 heavy (non-hydrogen) atoms. The maximum atomic E-state index is 13.1. The number of benzene rings is 1. The minimum absolute atomic E-state index is 0.00149. The quantitative estimate of drug-likeness (QED) is 0.845. The van der Waals surface area contributed by atoms with E-state index in [0.717, 1.165) is 0 Å². The smallest absolute Gasteiger partial charge is 0.233 e. The molecule has 116 valence electrons. The molecule has 0 aliphatic carbocycles. The first-order chi connectivity index (χ1) is 9.77. The van der Waals surface area contributed by atoms with Crippen molar-refractivity contribution in [3.63, 3.8) is 0 Å². The van der Waals surface area contributed by atoms with Crippen molar-refractivity contribution in [2.24, 2.45) is 0 Å². The van der Waals surface area contributed by atoms with Gasteiger partial charge in [-0.3, -0.25) is 4.79 Å². The number of halogens is 2. The van der Waals surface area contributed by atoms with Gasteiger partial charge in [-0.15, -0.1) is 11.8 Å². The first-order valence-electron chi connectivity index (χ1n) is 6.39. The zero-order chi connectivity index (χ0) is 15.6. The molecule has 1 aromatic carbocycles. The molecule has 0 bridgehead atoms. The van der Waals surface area contributed by atoms with Gasteiger partial charge in [0, 0.05) is 10.9 Å². The van der Waals surface area contributed by atoms with Crippen LogP contribution in [0.4, 0.5) is 4.39 Å². The number of carbonyl (C=O) groups is 1. The molecule has 0 aromatic heterocycles. The lowest BCUT2D eigenvalue weighted by atomic mass is 10.2. The highest BCUT2D eigenvalue weighted by atomic mass is 35.5. The zero-order valence-electron chi connectivity index (χ0n) is 11.3. The molecule has 2 atom stereocenters. The highest BCUT2D eigenvalue weighted by molar-refractivity contribution is 8.00. The fourth-order valence-corrected chi connectivity index (χ4v) is 4.87. The van der Waals surface area contributed by atoms with E-state index >= 15 is 0 Å². The maximum absolute atomic E-state index is 13.1. The van der Waals surface area contributed by atoms with Gasteiger partial charge < -0.3 is 5.32 Å². The van der Waals surface area contributed by atoms with Crippen LogP contribution in [0.1, 0.15) is 13.3 Å². The average Bonchev–Trinajstić information content (AvgIpc) is 2.73. The molecular formula is C13H15ClFNO3S2. The third-order valence-electron chi connectivity index (χ3n) is 3.15. The van der Waals surface area contributed by atoms with Crippen LogP contribution in [0.3, 0.4) is 0 Å². The molecule has 8 heteroatoms. The minimum Gasteiger partial charge on any atom is -0.351 e. The van der Waals surface area contributed by atoms with Crippen molar-refractivity contribution in [1.29, 1.82) is 0 Å². The predicted octanol–water partition coefficient (Wildman–Crippen LogP) is 2.26. The summed E-state index contributed by atoms with van der Waals surface area (Å²) in [6.45, 7) is 1.71. The van der Waals surface area contributed by atoms with Gasteiger partial charge in [0.05, 0.1) is 21.8 Å². The Balaban J connectivity index is 1.92. The summed E-state index contributed by atoms with van der Waals surface area (Å²) in [7, 11) is -3.02. The van der Waals surface area contributed by atoms with E-state index in [4.69, 9.17) is 11.6 Å². The maximum Gasteiger partial charge on any atom is 0.233 e. The lowest BCUT2D eigenvalue weighted by Gasteiger charge is -2.15. The van der Waals surface area contributed by atoms with Crippen LogP contribution in [-0.2, 0) is 14.6 Å². The van der Waals surface area contributed by atoms with Crippen molar-refractivity contribution in [2.75, 3.05) is 11.5 Å². The van der Waals surface area contributed by atoms with Crippen LogP contribution in [0.2, 0.25) is 5.02 Å². The van der Waals surface area contributed by atoms with Crippen molar-refractivity contribution >= 4 is 39.1 Å². The molecule has 1 saturated heterocycles. The van der Waals surface area contributed by atoms with E-state index in [2.05, 4.69) is 5.32 Å². The molecule has 0 spiro atoms. The SMILES string of the molecule is C[C@@H](Sc1ccc(F)c(Cl)c1)C(=O)N[C@@H]1CCS(=O)(=O)C1. The average molecular weight is 352 g/mol. The Kier molecular flexibility index (Phi) is 5.16. The number of hydrogen-bond donors (Lipinski definition) is 1. The summed E-state index contributed by atoms with van der Waals surface area (Å²) in [6.07, 6.45) is 0.452. The van der Waals surface area contributed by atoms with Crippen LogP contribution >= 0.6 is 23.4 Å². The summed E-state index contributed by atoms with van der Waals surface area (Å²) >= 11 is 6.94. The van der Waals surface area contributed by atoms with E-state index in [1.54, 1.807) is 13.0 Å². The Morgan fingerprint density at radius 3 is 2.81 bits per heavy atom. The Morgan fingerprint density at radius 1 is 1.52 bits per heavy atom. The molecule has 4 nitrogen and oxygen atoms in total. The third-order valence-corrected chi connectivity index (χ3v) is 6.30. The lowest BCUT2D eigenvalue weighted by Crippen LogP contribution is -2.39. The molecule has 2 rings (SSSR count). The van der Waals surface area contributed by atoms with Gasteiger partial charge in [0.25, 0.3) is 0 Å². The fraction of sp³-hybridized carbons (Fsp3) is 0.462. The molecule has 1 aliphatic heterocycles. The highest BCUT2D eigenvalue weighted by Gasteiger charge is 2.30. The first kappa shape index (κ1) is 16.6. The highest BCUT2D eigenvalue weighted by Crippen LogP contribution is 2.27. The molecule has 1 amide bonds. The summed E-state index contributed by atoms with van der Waals surface area (Å²) in [5.41, 5.74) is 0. The van der Waals surface area contributed by atoms with Crippen LogP contribution in [0.15, 0.2) is 23.1 Å². The molecule has 1 aromatic rings. The second kappa shape index (κ2) is 6.54. The molecular weight excluding hydrogens is 337 g/mol. The number of nitrogens with one attached hydrogen (secondary N) is 1. The zero-order valence-corrected chi connectivity index (χ0v) is 13.7. The summed E-state index contributed by atoms with van der Waals surface area (Å²) in [5.74, 6) is -0.622. The van der Waals surface area contributed by atoms with E-state index in [1.165, 1.54) is 23.9 Å². The Bertz CT molecular complexity index is 651. The van der Waals surface area contributed by atoms with Crippen LogP contribution in [0.5, 0.6) is 0 Å². The fourth-order valence-electron chi connectivity index (χ4n) is 2.04. The summed E-state index contributed by atoms with van der Waals surface area (Å²) < 4.78 is 35.8. The second-order valence-corrected chi connectivity index (χ2v) is 8.99. The van der Waals surface area contributed by atoms with E-state index in [-0.39, 0.29) is 28.5 Å². The van der Waals surface area contributed by atoms with Gasteiger partial charge in [-0.2, -0.15) is 0 Å². The topological polar surface area (TPSA) is 63.2 Å². The Hall–Kier alpha value is -0.790. The van der Waals surface area contributed by atoms with E-state index < -0.39 is 20.9 Å². The van der Waals surface area contributed by atoms with Crippen LogP contribution in [0, 0.1) is 5.82 Å². The van der Waals surface area contributed by atoms with Crippen molar-refractivity contribution in [2.45, 2.75) is 29.5 Å². The predicted molar refractivity (Wildman–Crippen MR) is 81.9 cm³/mol. The van der Waals surface area contributed by atoms with Crippen LogP contribution in [-0.4, -0.2) is 37.1 Å². The summed E-state index contributed by atoms with van der Waals surface area (Å²) in [6, 6.07) is 3.95. The summed E-state index contributed by atoms with van der Waals surface area (Å²) in [4.78, 5) is 12.7. The Labute approximate surface area is 132 Å². The standard InChI is InChI=1S/C13H15ClFNO3S2/c1-8(20-10-2-3-12(15)11(14)6-10)13(17)16-9-4-5-21(18,19)7-9/h2-3,6,8-9H,4-5,7H2,1H3,(H,16,17)/t8-,9-/m1/s1. The van der Waals surface area contributed by atoms with Crippen molar-refractivity contribution in [3.05, 3.63) is 29.0 Å². The van der Waals surface area contributed by atoms with E-state index in [0.29, 0.717) is 11.3 Å². The van der Waals surface area contributed by atoms with E-state index in [1.807, 2.05) is 0 Å². The molecule has 1 heterocycles. The number of sulfone groups is 1. The molecule has 0 unspecified atom stereocenters. The number of carbonyl (C=O) groups excluding carboxylic acids is 1.